The number of nitrogen functional groups attached to an aromatic ring is 1. The number of para-hydroxylation sites is 1. The minimum Gasteiger partial charge on any atom is -0.399 e. The van der Waals surface area contributed by atoms with Gasteiger partial charge in [-0.1, -0.05) is 24.3 Å². The van der Waals surface area contributed by atoms with Crippen molar-refractivity contribution in [2.75, 3.05) is 16.4 Å². The summed E-state index contributed by atoms with van der Waals surface area (Å²) in [6.45, 7) is 0. The van der Waals surface area contributed by atoms with Gasteiger partial charge in [0.1, 0.15) is 0 Å². The molecule has 0 aromatic heterocycles. The summed E-state index contributed by atoms with van der Waals surface area (Å²) in [4.78, 5) is 12.3. The van der Waals surface area contributed by atoms with Gasteiger partial charge in [-0.15, -0.1) is 0 Å². The first-order valence-corrected chi connectivity index (χ1v) is 7.30. The molecule has 0 saturated heterocycles. The highest BCUT2D eigenvalue weighted by molar-refractivity contribution is 6.04. The van der Waals surface area contributed by atoms with Gasteiger partial charge in [0.05, 0.1) is 0 Å². The Kier molecular flexibility index (Phi) is 4.25. The molecule has 3 aromatic carbocycles. The minimum atomic E-state index is -0.161. The van der Waals surface area contributed by atoms with E-state index in [-0.39, 0.29) is 5.91 Å². The van der Waals surface area contributed by atoms with Crippen molar-refractivity contribution in [1.29, 1.82) is 0 Å². The third kappa shape index (κ3) is 3.89. The van der Waals surface area contributed by atoms with Crippen molar-refractivity contribution in [2.45, 2.75) is 0 Å². The van der Waals surface area contributed by atoms with Crippen molar-refractivity contribution in [3.8, 4) is 0 Å². The van der Waals surface area contributed by atoms with Gasteiger partial charge >= 0.3 is 0 Å². The number of amides is 1. The average Bonchev–Trinajstić information content (AvgIpc) is 2.58. The number of anilines is 4. The van der Waals surface area contributed by atoms with Crippen LogP contribution >= 0.6 is 0 Å². The van der Waals surface area contributed by atoms with E-state index in [1.165, 1.54) is 0 Å². The fourth-order valence-corrected chi connectivity index (χ4v) is 2.20. The lowest BCUT2D eigenvalue weighted by Crippen LogP contribution is -2.12. The lowest BCUT2D eigenvalue weighted by atomic mass is 10.1. The SMILES string of the molecule is Nc1ccc(NC(=O)c2cccc(Nc3ccccc3)c2)cc1. The lowest BCUT2D eigenvalue weighted by Gasteiger charge is -2.09. The molecule has 114 valence electrons. The summed E-state index contributed by atoms with van der Waals surface area (Å²) in [5, 5.41) is 6.13. The molecule has 0 aliphatic heterocycles. The Hall–Kier alpha value is -3.27. The second kappa shape index (κ2) is 6.66. The molecule has 4 nitrogen and oxygen atoms in total. The molecule has 0 atom stereocenters. The van der Waals surface area contributed by atoms with Crippen LogP contribution in [0.4, 0.5) is 22.7 Å². The van der Waals surface area contributed by atoms with Gasteiger partial charge < -0.3 is 16.4 Å². The van der Waals surface area contributed by atoms with E-state index in [9.17, 15) is 4.79 Å². The highest BCUT2D eigenvalue weighted by Gasteiger charge is 2.07. The highest BCUT2D eigenvalue weighted by atomic mass is 16.1. The summed E-state index contributed by atoms with van der Waals surface area (Å²) in [7, 11) is 0. The molecule has 0 spiro atoms. The molecule has 0 radical (unpaired) electrons. The van der Waals surface area contributed by atoms with E-state index in [0.29, 0.717) is 16.9 Å². The summed E-state index contributed by atoms with van der Waals surface area (Å²) in [6.07, 6.45) is 0. The molecule has 3 rings (SSSR count). The van der Waals surface area contributed by atoms with Crippen LogP contribution in [0.2, 0.25) is 0 Å². The number of nitrogens with one attached hydrogen (secondary N) is 2. The number of carbonyl (C=O) groups excluding carboxylic acids is 1. The highest BCUT2D eigenvalue weighted by Crippen LogP contribution is 2.18. The fraction of sp³-hybridized carbons (Fsp3) is 0. The Balaban J connectivity index is 1.73. The first-order valence-electron chi connectivity index (χ1n) is 7.30. The summed E-state index contributed by atoms with van der Waals surface area (Å²) < 4.78 is 0. The van der Waals surface area contributed by atoms with Gasteiger partial charge in [-0.3, -0.25) is 4.79 Å². The molecule has 0 saturated carbocycles. The number of carbonyl (C=O) groups is 1. The zero-order valence-corrected chi connectivity index (χ0v) is 12.5. The fourth-order valence-electron chi connectivity index (χ4n) is 2.20. The lowest BCUT2D eigenvalue weighted by molar-refractivity contribution is 0.102. The molecule has 0 bridgehead atoms. The summed E-state index contributed by atoms with van der Waals surface area (Å²) in [6, 6.07) is 24.3. The first-order chi connectivity index (χ1) is 11.2. The molecule has 0 unspecified atom stereocenters. The first kappa shape index (κ1) is 14.7. The third-order valence-corrected chi connectivity index (χ3v) is 3.36. The normalized spacial score (nSPS) is 10.1. The van der Waals surface area contributed by atoms with Crippen LogP contribution in [0.1, 0.15) is 10.4 Å². The minimum absolute atomic E-state index is 0.161. The van der Waals surface area contributed by atoms with E-state index in [1.807, 2.05) is 48.5 Å². The molecule has 23 heavy (non-hydrogen) atoms. The van der Waals surface area contributed by atoms with E-state index >= 15 is 0 Å². The zero-order chi connectivity index (χ0) is 16.1. The van der Waals surface area contributed by atoms with E-state index in [0.717, 1.165) is 11.4 Å². The van der Waals surface area contributed by atoms with Crippen LogP contribution in [-0.4, -0.2) is 5.91 Å². The van der Waals surface area contributed by atoms with Crippen LogP contribution in [0.5, 0.6) is 0 Å². The van der Waals surface area contributed by atoms with Crippen molar-refractivity contribution in [2.24, 2.45) is 0 Å². The van der Waals surface area contributed by atoms with Crippen LogP contribution < -0.4 is 16.4 Å². The predicted octanol–water partition coefficient (Wildman–Crippen LogP) is 4.26. The second-order valence-corrected chi connectivity index (χ2v) is 5.15. The standard InChI is InChI=1S/C19H17N3O/c20-15-9-11-17(12-10-15)22-19(23)14-5-4-8-18(13-14)21-16-6-2-1-3-7-16/h1-13,21H,20H2,(H,22,23). The van der Waals surface area contributed by atoms with Gasteiger partial charge in [0.25, 0.3) is 5.91 Å². The summed E-state index contributed by atoms with van der Waals surface area (Å²) in [5.74, 6) is -0.161. The molecule has 4 N–H and O–H groups in total. The molecule has 4 heteroatoms. The Morgan fingerprint density at radius 2 is 1.43 bits per heavy atom. The summed E-state index contributed by atoms with van der Waals surface area (Å²) >= 11 is 0. The molecular formula is C19H17N3O. The van der Waals surface area contributed by atoms with E-state index in [4.69, 9.17) is 5.73 Å². The topological polar surface area (TPSA) is 67.1 Å². The van der Waals surface area contributed by atoms with Gasteiger partial charge in [0, 0.05) is 28.3 Å². The quantitative estimate of drug-likeness (QED) is 0.631. The maximum absolute atomic E-state index is 12.3. The van der Waals surface area contributed by atoms with Crippen molar-refractivity contribution in [1.82, 2.24) is 0 Å². The number of nitrogens with two attached hydrogens (primary N) is 1. The molecule has 3 aromatic rings. The van der Waals surface area contributed by atoms with Crippen molar-refractivity contribution < 1.29 is 4.79 Å². The monoisotopic (exact) mass is 303 g/mol. The van der Waals surface area contributed by atoms with Crippen LogP contribution in [0, 0.1) is 0 Å². The van der Waals surface area contributed by atoms with E-state index < -0.39 is 0 Å². The maximum Gasteiger partial charge on any atom is 0.255 e. The molecule has 0 fully saturated rings. The zero-order valence-electron chi connectivity index (χ0n) is 12.5. The third-order valence-electron chi connectivity index (χ3n) is 3.36. The largest absolute Gasteiger partial charge is 0.399 e. The Morgan fingerprint density at radius 1 is 0.739 bits per heavy atom. The number of rotatable bonds is 4. The molecule has 0 aliphatic carbocycles. The van der Waals surface area contributed by atoms with E-state index in [1.54, 1.807) is 30.3 Å². The molecule has 0 aliphatic rings. The molecule has 1 amide bonds. The van der Waals surface area contributed by atoms with Gasteiger partial charge in [-0.2, -0.15) is 0 Å². The Labute approximate surface area is 135 Å². The van der Waals surface area contributed by atoms with Crippen molar-refractivity contribution in [3.05, 3.63) is 84.4 Å². The number of hydrogen-bond donors (Lipinski definition) is 3. The Morgan fingerprint density at radius 3 is 2.17 bits per heavy atom. The van der Waals surface area contributed by atoms with Crippen LogP contribution in [0.15, 0.2) is 78.9 Å². The smallest absolute Gasteiger partial charge is 0.255 e. The molecular weight excluding hydrogens is 286 g/mol. The van der Waals surface area contributed by atoms with Crippen molar-refractivity contribution in [3.63, 3.8) is 0 Å². The molecule has 0 heterocycles. The average molecular weight is 303 g/mol. The number of hydrogen-bond acceptors (Lipinski definition) is 3. The van der Waals surface area contributed by atoms with Crippen LogP contribution in [-0.2, 0) is 0 Å². The van der Waals surface area contributed by atoms with Gasteiger partial charge in [-0.05, 0) is 54.6 Å². The van der Waals surface area contributed by atoms with E-state index in [2.05, 4.69) is 10.6 Å². The number of benzene rings is 3. The van der Waals surface area contributed by atoms with Crippen LogP contribution in [0.3, 0.4) is 0 Å². The summed E-state index contributed by atoms with van der Waals surface area (Å²) in [5.41, 5.74) is 9.44. The van der Waals surface area contributed by atoms with Crippen LogP contribution in [0.25, 0.3) is 0 Å². The van der Waals surface area contributed by atoms with Gasteiger partial charge in [0.15, 0.2) is 0 Å². The van der Waals surface area contributed by atoms with Gasteiger partial charge in [0.2, 0.25) is 0 Å². The van der Waals surface area contributed by atoms with Crippen molar-refractivity contribution >= 4 is 28.7 Å². The predicted molar refractivity (Wildman–Crippen MR) is 95.0 cm³/mol. The second-order valence-electron chi connectivity index (χ2n) is 5.15. The maximum atomic E-state index is 12.3. The van der Waals surface area contributed by atoms with Gasteiger partial charge in [-0.25, -0.2) is 0 Å². The Bertz CT molecular complexity index is 798.